The number of carbonyl (C=O) groups is 1. The summed E-state index contributed by atoms with van der Waals surface area (Å²) in [6, 6.07) is 9.16. The lowest BCUT2D eigenvalue weighted by Crippen LogP contribution is -2.35. The van der Waals surface area contributed by atoms with Crippen LogP contribution in [0.2, 0.25) is 0 Å². The molecule has 5 heterocycles. The number of rotatable bonds is 6. The number of methoxy groups -OCH3 is 1. The molecule has 3 N–H and O–H groups in total. The number of aliphatic hydroxyl groups is 1. The number of anilines is 3. The monoisotopic (exact) mass is 606 g/mol. The van der Waals surface area contributed by atoms with Crippen molar-refractivity contribution in [3.63, 3.8) is 0 Å². The van der Waals surface area contributed by atoms with E-state index in [1.165, 1.54) is 30.3 Å². The lowest BCUT2D eigenvalue weighted by Gasteiger charge is -2.31. The van der Waals surface area contributed by atoms with E-state index in [0.717, 1.165) is 24.8 Å². The molecule has 13 heteroatoms. The highest BCUT2D eigenvalue weighted by Crippen LogP contribution is 2.59. The second kappa shape index (κ2) is 10.5. The number of hydrogen-bond donors (Lipinski definition) is 3. The van der Waals surface area contributed by atoms with Crippen molar-refractivity contribution in [2.75, 3.05) is 43.5 Å². The predicted octanol–water partition coefficient (Wildman–Crippen LogP) is 4.17. The summed E-state index contributed by atoms with van der Waals surface area (Å²) in [7, 11) is 1.34. The van der Waals surface area contributed by atoms with Gasteiger partial charge in [-0.1, -0.05) is 0 Å². The number of halogens is 3. The summed E-state index contributed by atoms with van der Waals surface area (Å²) >= 11 is 0. The van der Waals surface area contributed by atoms with Crippen LogP contribution in [-0.4, -0.2) is 76.2 Å². The number of aromatic amines is 1. The van der Waals surface area contributed by atoms with Gasteiger partial charge in [-0.3, -0.25) is 9.59 Å². The number of alkyl halides is 2. The second-order valence-electron chi connectivity index (χ2n) is 11.5. The third-order valence-electron chi connectivity index (χ3n) is 8.85. The molecule has 228 valence electrons. The number of H-pyrrole nitrogens is 1. The highest BCUT2D eigenvalue weighted by molar-refractivity contribution is 5.99. The summed E-state index contributed by atoms with van der Waals surface area (Å²) in [5.74, 6) is -5.29. The van der Waals surface area contributed by atoms with Gasteiger partial charge in [0.05, 0.1) is 64.8 Å². The van der Waals surface area contributed by atoms with E-state index in [9.17, 15) is 23.5 Å². The molecule has 2 atom stereocenters. The molecule has 0 spiro atoms. The van der Waals surface area contributed by atoms with Crippen LogP contribution in [0.15, 0.2) is 53.6 Å². The van der Waals surface area contributed by atoms with Gasteiger partial charge in [0, 0.05) is 37.9 Å². The van der Waals surface area contributed by atoms with E-state index < -0.39 is 35.0 Å². The molecule has 0 bridgehead atoms. The number of aliphatic hydroxyl groups excluding tert-OH is 1. The van der Waals surface area contributed by atoms with Crippen molar-refractivity contribution in [2.24, 2.45) is 11.8 Å². The number of fused-ring (bicyclic) bond motifs is 2. The summed E-state index contributed by atoms with van der Waals surface area (Å²) in [5, 5.41) is 13.2. The summed E-state index contributed by atoms with van der Waals surface area (Å²) < 4.78 is 48.5. The van der Waals surface area contributed by atoms with Gasteiger partial charge in [-0.2, -0.15) is 0 Å². The van der Waals surface area contributed by atoms with Gasteiger partial charge in [-0.25, -0.2) is 23.1 Å². The lowest BCUT2D eigenvalue weighted by molar-refractivity contribution is 0.0457. The first-order valence-corrected chi connectivity index (χ1v) is 14.4. The number of likely N-dealkylation sites (tertiary alicyclic amines) is 1. The quantitative estimate of drug-likeness (QED) is 0.299. The Morgan fingerprint density at radius 3 is 2.57 bits per heavy atom. The fourth-order valence-corrected chi connectivity index (χ4v) is 6.27. The molecule has 44 heavy (non-hydrogen) atoms. The molecule has 3 aromatic heterocycles. The molecule has 3 fully saturated rings. The van der Waals surface area contributed by atoms with E-state index in [4.69, 9.17) is 4.74 Å². The van der Waals surface area contributed by atoms with Gasteiger partial charge in [-0.15, -0.1) is 0 Å². The third-order valence-corrected chi connectivity index (χ3v) is 8.85. The number of amides is 1. The number of aromatic nitrogens is 3. The maximum absolute atomic E-state index is 15.7. The topological polar surface area (TPSA) is 124 Å². The maximum Gasteiger partial charge on any atom is 0.259 e. The fraction of sp³-hybridized carbons (Fsp3) is 0.355. The minimum absolute atomic E-state index is 0.0232. The number of benzene rings is 1. The molecule has 2 saturated heterocycles. The number of ether oxygens (including phenoxy) is 1. The van der Waals surface area contributed by atoms with Gasteiger partial charge in [-0.05, 0) is 49.2 Å². The van der Waals surface area contributed by atoms with Crippen LogP contribution in [0.4, 0.5) is 30.4 Å². The number of piperidine rings is 2. The molecule has 2 aliphatic heterocycles. The van der Waals surface area contributed by atoms with Crippen molar-refractivity contribution in [1.29, 1.82) is 0 Å². The second-order valence-corrected chi connectivity index (χ2v) is 11.5. The minimum Gasteiger partial charge on any atom is -0.496 e. The molecule has 1 saturated carbocycles. The van der Waals surface area contributed by atoms with Crippen molar-refractivity contribution in [1.82, 2.24) is 19.9 Å². The van der Waals surface area contributed by atoms with Crippen molar-refractivity contribution in [3.8, 4) is 17.0 Å². The molecule has 2 unspecified atom stereocenters. The average molecular weight is 607 g/mol. The Morgan fingerprint density at radius 2 is 1.89 bits per heavy atom. The summed E-state index contributed by atoms with van der Waals surface area (Å²) in [5.41, 5.74) is 1.27. The molecular formula is C31H29F3N6O4. The van der Waals surface area contributed by atoms with Gasteiger partial charge < -0.3 is 29.9 Å². The summed E-state index contributed by atoms with van der Waals surface area (Å²) in [4.78, 5) is 41.1. The van der Waals surface area contributed by atoms with Gasteiger partial charge in [0.1, 0.15) is 17.4 Å². The van der Waals surface area contributed by atoms with E-state index in [0.29, 0.717) is 29.9 Å². The van der Waals surface area contributed by atoms with Crippen LogP contribution >= 0.6 is 0 Å². The Bertz CT molecular complexity index is 1810. The van der Waals surface area contributed by atoms with Gasteiger partial charge in [0.25, 0.3) is 17.4 Å². The molecular weight excluding hydrogens is 577 g/mol. The van der Waals surface area contributed by atoms with Crippen LogP contribution in [0, 0.1) is 17.7 Å². The lowest BCUT2D eigenvalue weighted by atomic mass is 10.0. The molecule has 1 amide bonds. The van der Waals surface area contributed by atoms with Gasteiger partial charge >= 0.3 is 0 Å². The molecule has 4 aromatic rings. The largest absolute Gasteiger partial charge is 0.496 e. The number of pyridine rings is 3. The van der Waals surface area contributed by atoms with E-state index in [2.05, 4.69) is 25.2 Å². The Labute approximate surface area is 249 Å². The van der Waals surface area contributed by atoms with Crippen molar-refractivity contribution in [3.05, 3.63) is 70.5 Å². The molecule has 7 rings (SSSR count). The third kappa shape index (κ3) is 4.80. The van der Waals surface area contributed by atoms with E-state index in [-0.39, 0.29) is 47.2 Å². The standard InChI is InChI=1S/C31H29F3N6O4/c1-44-26-11-18(22(32)10-19(26)30(43)40-14-20-21(15-40)31(20,33)34)24-12-25(28-23(37-24)4-7-35-29(28)42)38-27-3-2-16(13-36-27)39-8-5-17(41)6-9-39/h2-4,7,10-13,17,20-21,41H,5-6,8-9,14-15H2,1H3,(H,35,42)(H,36,37,38). The molecule has 10 nitrogen and oxygen atoms in total. The SMILES string of the molecule is COc1cc(-c2cc(Nc3ccc(N4CCC(O)CC4)cn3)c3c(=O)[nH]ccc3n2)c(F)cc1C(=O)N1CC2C(C1)C2(F)F. The predicted molar refractivity (Wildman–Crippen MR) is 157 cm³/mol. The number of carbonyl (C=O) groups excluding carboxylic acids is 1. The zero-order valence-electron chi connectivity index (χ0n) is 23.7. The van der Waals surface area contributed by atoms with Crippen LogP contribution in [0.1, 0.15) is 23.2 Å². The fourth-order valence-electron chi connectivity index (χ4n) is 6.27. The Kier molecular flexibility index (Phi) is 6.72. The highest BCUT2D eigenvalue weighted by Gasteiger charge is 2.72. The molecule has 1 aromatic carbocycles. The smallest absolute Gasteiger partial charge is 0.259 e. The van der Waals surface area contributed by atoms with Crippen LogP contribution in [0.25, 0.3) is 22.2 Å². The number of hydrogen-bond acceptors (Lipinski definition) is 8. The maximum atomic E-state index is 15.7. The molecule has 1 aliphatic carbocycles. The number of nitrogens with one attached hydrogen (secondary N) is 2. The van der Waals surface area contributed by atoms with Gasteiger partial charge in [0.15, 0.2) is 0 Å². The van der Waals surface area contributed by atoms with Crippen molar-refractivity contribution >= 4 is 34.0 Å². The Hall–Kier alpha value is -4.65. The number of nitrogens with zero attached hydrogens (tertiary/aromatic N) is 4. The van der Waals surface area contributed by atoms with Gasteiger partial charge in [0.2, 0.25) is 0 Å². The van der Waals surface area contributed by atoms with Crippen LogP contribution in [0.3, 0.4) is 0 Å². The summed E-state index contributed by atoms with van der Waals surface area (Å²) in [6.45, 7) is 1.26. The van der Waals surface area contributed by atoms with E-state index in [1.54, 1.807) is 18.3 Å². The van der Waals surface area contributed by atoms with E-state index >= 15 is 4.39 Å². The van der Waals surface area contributed by atoms with Crippen molar-refractivity contribution in [2.45, 2.75) is 24.9 Å². The Morgan fingerprint density at radius 1 is 1.14 bits per heavy atom. The first-order valence-electron chi connectivity index (χ1n) is 14.4. The molecule has 3 aliphatic rings. The average Bonchev–Trinajstić information content (AvgIpc) is 3.31. The van der Waals surface area contributed by atoms with Crippen molar-refractivity contribution < 1.29 is 27.8 Å². The highest BCUT2D eigenvalue weighted by atomic mass is 19.3. The zero-order valence-corrected chi connectivity index (χ0v) is 23.7. The Balaban J connectivity index is 1.21. The van der Waals surface area contributed by atoms with E-state index in [1.807, 2.05) is 6.07 Å². The first-order chi connectivity index (χ1) is 21.1. The van der Waals surface area contributed by atoms with Crippen LogP contribution < -0.4 is 20.5 Å². The first kappa shape index (κ1) is 28.1. The molecule has 0 radical (unpaired) electrons. The minimum atomic E-state index is -2.75. The zero-order chi connectivity index (χ0) is 30.7. The van der Waals surface area contributed by atoms with Crippen LogP contribution in [-0.2, 0) is 0 Å². The van der Waals surface area contributed by atoms with Crippen LogP contribution in [0.5, 0.6) is 5.75 Å². The normalized spacial score (nSPS) is 20.9. The summed E-state index contributed by atoms with van der Waals surface area (Å²) in [6.07, 6.45) is 4.23.